The Hall–Kier alpha value is -6.55. The number of aliphatic imine (C=N–C) groups is 1. The zero-order chi connectivity index (χ0) is 47.8. The molecule has 0 aliphatic carbocycles. The Balaban J connectivity index is 1.57. The summed E-state index contributed by atoms with van der Waals surface area (Å²) in [5.41, 5.74) is 18.7. The molecule has 4 rings (SSSR count). The fourth-order valence-electron chi connectivity index (χ4n) is 7.70. The smallest absolute Gasteiger partial charge is 0.326 e. The number of nitrogens with two attached hydrogens (primary N) is 3. The summed E-state index contributed by atoms with van der Waals surface area (Å²) in [6.07, 6.45) is 5.85. The van der Waals surface area contributed by atoms with Gasteiger partial charge in [0.15, 0.2) is 5.96 Å². The van der Waals surface area contributed by atoms with Crippen LogP contribution in [0.5, 0.6) is 0 Å². The fraction of sp³-hybridized carbons (Fsp3) is 0.558. The van der Waals surface area contributed by atoms with Crippen LogP contribution >= 0.6 is 0 Å². The van der Waals surface area contributed by atoms with E-state index in [0.29, 0.717) is 37.1 Å². The number of benzene rings is 1. The number of likely N-dealkylation sites (tertiary alicyclic amines) is 1. The first-order chi connectivity index (χ1) is 30.9. The number of nitrogens with one attached hydrogen (secondary N) is 7. The highest BCUT2D eigenvalue weighted by Gasteiger charge is 2.39. The number of aliphatic hydroxyl groups is 1. The van der Waals surface area contributed by atoms with Crippen molar-refractivity contribution < 1.29 is 43.8 Å². The van der Waals surface area contributed by atoms with Crippen LogP contribution in [0.1, 0.15) is 77.5 Å². The predicted molar refractivity (Wildman–Crippen MR) is 240 cm³/mol. The minimum Gasteiger partial charge on any atom is -0.480 e. The summed E-state index contributed by atoms with van der Waals surface area (Å²) in [6.45, 7) is 7.07. The molecule has 2 aromatic heterocycles. The number of carbonyl (C=O) groups is 7. The average Bonchev–Trinajstić information content (AvgIpc) is 4.04. The third-order valence-corrected chi connectivity index (χ3v) is 10.9. The number of para-hydroxylation sites is 1. The van der Waals surface area contributed by atoms with E-state index in [2.05, 4.69) is 46.5 Å². The van der Waals surface area contributed by atoms with E-state index in [9.17, 15) is 43.8 Å². The number of aromatic amines is 2. The summed E-state index contributed by atoms with van der Waals surface area (Å²) in [5.74, 6) is -5.82. The number of imidazole rings is 1. The number of hydrogen-bond donors (Lipinski definition) is 12. The maximum atomic E-state index is 14.5. The minimum atomic E-state index is -1.54. The van der Waals surface area contributed by atoms with Crippen LogP contribution in [0.15, 0.2) is 48.0 Å². The van der Waals surface area contributed by atoms with Gasteiger partial charge in [0.1, 0.15) is 36.3 Å². The maximum Gasteiger partial charge on any atom is 0.326 e. The molecule has 1 aliphatic rings. The number of fused-ring (bicyclic) bond motifs is 1. The van der Waals surface area contributed by atoms with Crippen LogP contribution in [0.2, 0.25) is 0 Å². The lowest BCUT2D eigenvalue weighted by Crippen LogP contribution is -2.61. The van der Waals surface area contributed by atoms with Crippen LogP contribution < -0.4 is 43.8 Å². The SMILES string of the molecule is CC(C)C[C@H](NC(=O)[C@H](Cc1cnc[nH]1)NC(=O)[C@H](Cc1c[nH]c2ccccc12)NC(=O)[C@H](CO)NC(=O)[C@@H]1CCCN1C(=O)[C@@H](N)CC(C)C)C(=O)N[C@@H](CCCN=C(N)N)C(=O)O. The number of guanidine groups is 1. The fourth-order valence-corrected chi connectivity index (χ4v) is 7.70. The van der Waals surface area contributed by atoms with Crippen molar-refractivity contribution in [2.75, 3.05) is 19.7 Å². The van der Waals surface area contributed by atoms with Crippen LogP contribution in [0.25, 0.3) is 10.9 Å². The van der Waals surface area contributed by atoms with E-state index in [1.54, 1.807) is 12.3 Å². The number of carbonyl (C=O) groups excluding carboxylic acids is 6. The Morgan fingerprint density at radius 1 is 0.831 bits per heavy atom. The monoisotopic (exact) mass is 908 g/mol. The number of carboxylic acid groups (broad SMARTS) is 1. The number of H-pyrrole nitrogens is 2. The third kappa shape index (κ3) is 15.3. The van der Waals surface area contributed by atoms with Gasteiger partial charge in [-0.25, -0.2) is 9.78 Å². The Bertz CT molecular complexity index is 2120. The molecule has 15 N–H and O–H groups in total. The first-order valence-corrected chi connectivity index (χ1v) is 21.9. The maximum absolute atomic E-state index is 14.5. The van der Waals surface area contributed by atoms with Gasteiger partial charge in [-0.2, -0.15) is 0 Å². The molecule has 1 aliphatic heterocycles. The van der Waals surface area contributed by atoms with Crippen molar-refractivity contribution in [1.82, 2.24) is 46.4 Å². The lowest BCUT2D eigenvalue weighted by atomic mass is 10.0. The molecule has 3 heterocycles. The number of nitrogens with zero attached hydrogens (tertiary/aromatic N) is 3. The van der Waals surface area contributed by atoms with Gasteiger partial charge in [0.2, 0.25) is 35.4 Å². The van der Waals surface area contributed by atoms with E-state index < -0.39 is 84.4 Å². The molecule has 1 aromatic carbocycles. The molecule has 0 unspecified atom stereocenters. The molecule has 1 fully saturated rings. The molecule has 0 radical (unpaired) electrons. The lowest BCUT2D eigenvalue weighted by Gasteiger charge is -2.29. The van der Waals surface area contributed by atoms with Gasteiger partial charge in [-0.3, -0.25) is 33.8 Å². The molecular formula is C43H65N13O9. The topological polar surface area (TPSA) is 358 Å². The summed E-state index contributed by atoms with van der Waals surface area (Å²) in [6, 6.07) is -1.32. The van der Waals surface area contributed by atoms with Crippen LogP contribution in [-0.2, 0) is 46.4 Å². The highest BCUT2D eigenvalue weighted by Crippen LogP contribution is 2.21. The lowest BCUT2D eigenvalue weighted by molar-refractivity contribution is -0.142. The van der Waals surface area contributed by atoms with Crippen molar-refractivity contribution in [1.29, 1.82) is 0 Å². The Morgan fingerprint density at radius 2 is 1.45 bits per heavy atom. The van der Waals surface area contributed by atoms with Crippen molar-refractivity contribution in [3.05, 3.63) is 54.2 Å². The molecule has 0 spiro atoms. The summed E-state index contributed by atoms with van der Waals surface area (Å²) >= 11 is 0. The van der Waals surface area contributed by atoms with Crippen molar-refractivity contribution >= 4 is 58.3 Å². The molecule has 65 heavy (non-hydrogen) atoms. The summed E-state index contributed by atoms with van der Waals surface area (Å²) in [7, 11) is 0. The number of aliphatic carboxylic acids is 1. The van der Waals surface area contributed by atoms with Gasteiger partial charge in [0.25, 0.3) is 0 Å². The first-order valence-electron chi connectivity index (χ1n) is 21.9. The van der Waals surface area contributed by atoms with Gasteiger partial charge < -0.3 is 68.9 Å². The van der Waals surface area contributed by atoms with Crippen LogP contribution in [0, 0.1) is 11.8 Å². The molecule has 1 saturated heterocycles. The van der Waals surface area contributed by atoms with E-state index in [1.807, 2.05) is 45.9 Å². The molecular weight excluding hydrogens is 843 g/mol. The standard InChI is InChI=1S/C43H65N13O9/c1-23(2)15-28(44)41(63)56-14-8-12-35(56)40(62)55-34(21-57)39(61)53-32(17-25-19-49-29-10-6-5-9-27(25)29)37(59)54-33(18-26-20-47-22-50-26)38(60)52-31(16-24(3)4)36(58)51-30(42(64)65)11-7-13-48-43(45)46/h5-6,9-10,19-20,22-24,28,30-35,49,57H,7-8,11-18,21,44H2,1-4H3,(H,47,50)(H,51,58)(H,52,60)(H,53,61)(H,54,59)(H,55,62)(H,64,65)(H4,45,46,48)/t28-,30-,31-,32-,33-,34-,35-/m0/s1. The van der Waals surface area contributed by atoms with Crippen LogP contribution in [-0.4, -0.2) is 139 Å². The zero-order valence-corrected chi connectivity index (χ0v) is 37.3. The molecule has 6 amide bonds. The summed E-state index contributed by atoms with van der Waals surface area (Å²) < 4.78 is 0. The normalized spacial score (nSPS) is 16.5. The third-order valence-electron chi connectivity index (χ3n) is 10.9. The molecule has 0 bridgehead atoms. The highest BCUT2D eigenvalue weighted by molar-refractivity contribution is 5.98. The van der Waals surface area contributed by atoms with Gasteiger partial charge in [0.05, 0.1) is 19.0 Å². The van der Waals surface area contributed by atoms with Gasteiger partial charge >= 0.3 is 5.97 Å². The van der Waals surface area contributed by atoms with E-state index in [0.717, 1.165) is 10.9 Å². The minimum absolute atomic E-state index is 0.00505. The Morgan fingerprint density at radius 3 is 2.06 bits per heavy atom. The van der Waals surface area contributed by atoms with Crippen molar-refractivity contribution in [2.24, 2.45) is 34.0 Å². The number of aliphatic hydroxyl groups excluding tert-OH is 1. The van der Waals surface area contributed by atoms with E-state index >= 15 is 0 Å². The van der Waals surface area contributed by atoms with Gasteiger partial charge in [-0.05, 0) is 62.0 Å². The molecule has 22 nitrogen and oxygen atoms in total. The number of rotatable bonds is 25. The molecule has 356 valence electrons. The number of aromatic nitrogens is 3. The highest BCUT2D eigenvalue weighted by atomic mass is 16.4. The average molecular weight is 908 g/mol. The van der Waals surface area contributed by atoms with E-state index in [-0.39, 0.29) is 62.4 Å². The number of amides is 6. The molecule has 0 saturated carbocycles. The Kier molecular flexibility index (Phi) is 19.3. The largest absolute Gasteiger partial charge is 0.480 e. The van der Waals surface area contributed by atoms with Gasteiger partial charge in [-0.15, -0.1) is 0 Å². The summed E-state index contributed by atoms with van der Waals surface area (Å²) in [4.78, 5) is 110. The predicted octanol–water partition coefficient (Wildman–Crippen LogP) is -1.36. The molecule has 7 atom stereocenters. The van der Waals surface area contributed by atoms with Crippen LogP contribution in [0.4, 0.5) is 0 Å². The molecule has 22 heteroatoms. The van der Waals surface area contributed by atoms with Gasteiger partial charge in [0, 0.05) is 54.9 Å². The number of hydrogen-bond acceptors (Lipinski definition) is 11. The van der Waals surface area contributed by atoms with Crippen molar-refractivity contribution in [3.8, 4) is 0 Å². The first kappa shape index (κ1) is 51.1. The van der Waals surface area contributed by atoms with Crippen molar-refractivity contribution in [2.45, 2.75) is 121 Å². The second kappa shape index (κ2) is 24.5. The quantitative estimate of drug-likeness (QED) is 0.0266. The second-order valence-electron chi connectivity index (χ2n) is 17.2. The Labute approximate surface area is 377 Å². The van der Waals surface area contributed by atoms with Crippen molar-refractivity contribution in [3.63, 3.8) is 0 Å². The van der Waals surface area contributed by atoms with E-state index in [1.165, 1.54) is 17.4 Å². The second-order valence-corrected chi connectivity index (χ2v) is 17.2. The van der Waals surface area contributed by atoms with Gasteiger partial charge in [-0.1, -0.05) is 45.9 Å². The van der Waals surface area contributed by atoms with Crippen LogP contribution in [0.3, 0.4) is 0 Å². The van der Waals surface area contributed by atoms with E-state index in [4.69, 9.17) is 17.2 Å². The summed E-state index contributed by atoms with van der Waals surface area (Å²) in [5, 5.41) is 34.1. The zero-order valence-electron chi connectivity index (χ0n) is 37.3. The number of carboxylic acids is 1. The molecule has 3 aromatic rings.